The molecule has 0 saturated carbocycles. The van der Waals surface area contributed by atoms with Gasteiger partial charge in [0.1, 0.15) is 11.6 Å². The van der Waals surface area contributed by atoms with Crippen molar-refractivity contribution < 1.29 is 4.79 Å². The van der Waals surface area contributed by atoms with E-state index >= 15 is 0 Å². The molecule has 0 aliphatic heterocycles. The zero-order chi connectivity index (χ0) is 12.4. The van der Waals surface area contributed by atoms with Crippen LogP contribution in [0.25, 0.3) is 0 Å². The molecular weight excluding hydrogens is 238 g/mol. The third-order valence-electron chi connectivity index (χ3n) is 2.37. The Kier molecular flexibility index (Phi) is 3.21. The number of amides is 1. The second-order valence-corrected chi connectivity index (χ2v) is 4.53. The highest BCUT2D eigenvalue weighted by atomic mass is 32.1. The van der Waals surface area contributed by atoms with Crippen LogP contribution in [0.3, 0.4) is 0 Å². The van der Waals surface area contributed by atoms with Gasteiger partial charge in [0.15, 0.2) is 0 Å². The highest BCUT2D eigenvalue weighted by Gasteiger charge is 2.13. The number of aromatic nitrogens is 3. The normalized spacial score (nSPS) is 10.5. The number of carbonyl (C=O) groups is 1. The van der Waals surface area contributed by atoms with E-state index in [4.69, 9.17) is 5.84 Å². The molecule has 0 unspecified atom stereocenters. The molecule has 90 valence electrons. The van der Waals surface area contributed by atoms with E-state index in [0.29, 0.717) is 11.4 Å². The van der Waals surface area contributed by atoms with Crippen LogP contribution in [-0.2, 0) is 6.54 Å². The Hall–Kier alpha value is -1.73. The van der Waals surface area contributed by atoms with Gasteiger partial charge in [-0.1, -0.05) is 0 Å². The first kappa shape index (κ1) is 11.7. The standard InChI is InChI=1S/C10H13N5OS/c1-6-12-7(2)15(14-6)5-8-3-4-17-9(8)10(16)13-11/h3-4H,5,11H2,1-2H3,(H,13,16). The molecule has 0 aromatic carbocycles. The third-order valence-corrected chi connectivity index (χ3v) is 3.32. The number of hydrogen-bond donors (Lipinski definition) is 2. The maximum atomic E-state index is 11.5. The minimum absolute atomic E-state index is 0.274. The van der Waals surface area contributed by atoms with Crippen LogP contribution in [0.5, 0.6) is 0 Å². The second kappa shape index (κ2) is 4.64. The average Bonchev–Trinajstić information content (AvgIpc) is 2.86. The van der Waals surface area contributed by atoms with Crippen molar-refractivity contribution in [2.45, 2.75) is 20.4 Å². The van der Waals surface area contributed by atoms with Crippen molar-refractivity contribution in [1.82, 2.24) is 20.2 Å². The minimum atomic E-state index is -0.274. The monoisotopic (exact) mass is 251 g/mol. The van der Waals surface area contributed by atoms with E-state index in [1.807, 2.05) is 25.3 Å². The van der Waals surface area contributed by atoms with E-state index in [1.165, 1.54) is 11.3 Å². The molecule has 2 aromatic heterocycles. The Balaban J connectivity index is 2.27. The summed E-state index contributed by atoms with van der Waals surface area (Å²) >= 11 is 1.36. The van der Waals surface area contributed by atoms with Crippen molar-refractivity contribution in [2.75, 3.05) is 0 Å². The number of nitrogens with zero attached hydrogens (tertiary/aromatic N) is 3. The Morgan fingerprint density at radius 1 is 1.59 bits per heavy atom. The van der Waals surface area contributed by atoms with Crippen LogP contribution in [0.1, 0.15) is 26.9 Å². The summed E-state index contributed by atoms with van der Waals surface area (Å²) in [7, 11) is 0. The molecule has 0 saturated heterocycles. The molecule has 2 heterocycles. The van der Waals surface area contributed by atoms with E-state index in [2.05, 4.69) is 15.5 Å². The fourth-order valence-corrected chi connectivity index (χ4v) is 2.42. The topological polar surface area (TPSA) is 85.8 Å². The Labute approximate surface area is 102 Å². The number of nitrogens with one attached hydrogen (secondary N) is 1. The molecule has 0 radical (unpaired) electrons. The predicted octanol–water partition coefficient (Wildman–Crippen LogP) is 0.608. The first-order chi connectivity index (χ1) is 8.11. The molecule has 6 nitrogen and oxygen atoms in total. The number of rotatable bonds is 3. The zero-order valence-electron chi connectivity index (χ0n) is 9.60. The van der Waals surface area contributed by atoms with Crippen LogP contribution in [-0.4, -0.2) is 20.7 Å². The van der Waals surface area contributed by atoms with Crippen molar-refractivity contribution in [1.29, 1.82) is 0 Å². The summed E-state index contributed by atoms with van der Waals surface area (Å²) in [5.41, 5.74) is 3.03. The van der Waals surface area contributed by atoms with Crippen LogP contribution < -0.4 is 11.3 Å². The van der Waals surface area contributed by atoms with E-state index < -0.39 is 0 Å². The van der Waals surface area contributed by atoms with Crippen LogP contribution >= 0.6 is 11.3 Å². The molecule has 0 aliphatic rings. The van der Waals surface area contributed by atoms with Crippen LogP contribution in [0.4, 0.5) is 0 Å². The SMILES string of the molecule is Cc1nc(C)n(Cc2ccsc2C(=O)NN)n1. The van der Waals surface area contributed by atoms with Gasteiger partial charge in [0, 0.05) is 0 Å². The van der Waals surface area contributed by atoms with Gasteiger partial charge in [0.25, 0.3) is 5.91 Å². The first-order valence-electron chi connectivity index (χ1n) is 5.07. The maximum absolute atomic E-state index is 11.5. The summed E-state index contributed by atoms with van der Waals surface area (Å²) in [4.78, 5) is 16.3. The molecule has 0 aliphatic carbocycles. The predicted molar refractivity (Wildman–Crippen MR) is 64.6 cm³/mol. The highest BCUT2D eigenvalue weighted by molar-refractivity contribution is 7.12. The van der Waals surface area contributed by atoms with Gasteiger partial charge in [-0.3, -0.25) is 10.2 Å². The minimum Gasteiger partial charge on any atom is -0.289 e. The first-order valence-corrected chi connectivity index (χ1v) is 5.95. The summed E-state index contributed by atoms with van der Waals surface area (Å²) in [5.74, 6) is 6.41. The summed E-state index contributed by atoms with van der Waals surface area (Å²) in [5, 5.41) is 6.12. The fourth-order valence-electron chi connectivity index (χ4n) is 1.60. The van der Waals surface area contributed by atoms with Crippen LogP contribution in [0, 0.1) is 13.8 Å². The molecule has 0 fully saturated rings. The van der Waals surface area contributed by atoms with Crippen LogP contribution in [0.2, 0.25) is 0 Å². The maximum Gasteiger partial charge on any atom is 0.275 e. The molecule has 1 amide bonds. The number of nitrogen functional groups attached to an aromatic ring is 1. The summed E-state index contributed by atoms with van der Waals surface area (Å²) in [6.07, 6.45) is 0. The number of hydrogen-bond acceptors (Lipinski definition) is 5. The molecule has 0 bridgehead atoms. The number of carbonyl (C=O) groups excluding carboxylic acids is 1. The van der Waals surface area contributed by atoms with Gasteiger partial charge in [-0.15, -0.1) is 11.3 Å². The summed E-state index contributed by atoms with van der Waals surface area (Å²) < 4.78 is 1.77. The summed E-state index contributed by atoms with van der Waals surface area (Å²) in [6, 6.07) is 1.89. The third kappa shape index (κ3) is 2.34. The Bertz CT molecular complexity index is 545. The lowest BCUT2D eigenvalue weighted by atomic mass is 10.2. The highest BCUT2D eigenvalue weighted by Crippen LogP contribution is 2.18. The lowest BCUT2D eigenvalue weighted by Gasteiger charge is -2.04. The van der Waals surface area contributed by atoms with Gasteiger partial charge >= 0.3 is 0 Å². The molecule has 2 aromatic rings. The smallest absolute Gasteiger partial charge is 0.275 e. The van der Waals surface area contributed by atoms with Gasteiger partial charge in [-0.05, 0) is 30.9 Å². The van der Waals surface area contributed by atoms with Crippen molar-refractivity contribution in [3.63, 3.8) is 0 Å². The van der Waals surface area contributed by atoms with E-state index in [1.54, 1.807) is 4.68 Å². The van der Waals surface area contributed by atoms with E-state index in [9.17, 15) is 4.79 Å². The van der Waals surface area contributed by atoms with Gasteiger partial charge in [-0.2, -0.15) is 5.10 Å². The van der Waals surface area contributed by atoms with Crippen molar-refractivity contribution >= 4 is 17.2 Å². The molecule has 3 N–H and O–H groups in total. The Morgan fingerprint density at radius 3 is 2.94 bits per heavy atom. The van der Waals surface area contributed by atoms with E-state index in [-0.39, 0.29) is 5.91 Å². The molecule has 7 heteroatoms. The molecule has 17 heavy (non-hydrogen) atoms. The lowest BCUT2D eigenvalue weighted by Crippen LogP contribution is -2.30. The molecular formula is C10H13N5OS. The number of hydrazine groups is 1. The summed E-state index contributed by atoms with van der Waals surface area (Å²) in [6.45, 7) is 4.25. The number of nitrogens with two attached hydrogens (primary N) is 1. The zero-order valence-corrected chi connectivity index (χ0v) is 10.4. The molecule has 0 spiro atoms. The average molecular weight is 251 g/mol. The van der Waals surface area contributed by atoms with Crippen molar-refractivity contribution in [2.24, 2.45) is 5.84 Å². The Morgan fingerprint density at radius 2 is 2.35 bits per heavy atom. The van der Waals surface area contributed by atoms with Crippen molar-refractivity contribution in [3.8, 4) is 0 Å². The largest absolute Gasteiger partial charge is 0.289 e. The lowest BCUT2D eigenvalue weighted by molar-refractivity contribution is 0.0956. The van der Waals surface area contributed by atoms with Gasteiger partial charge in [0.05, 0.1) is 11.4 Å². The number of aryl methyl sites for hydroxylation is 2. The van der Waals surface area contributed by atoms with E-state index in [0.717, 1.165) is 17.2 Å². The molecule has 2 rings (SSSR count). The quantitative estimate of drug-likeness (QED) is 0.475. The van der Waals surface area contributed by atoms with Crippen molar-refractivity contribution in [3.05, 3.63) is 33.5 Å². The second-order valence-electron chi connectivity index (χ2n) is 3.61. The van der Waals surface area contributed by atoms with Gasteiger partial charge in [0.2, 0.25) is 0 Å². The van der Waals surface area contributed by atoms with Crippen LogP contribution in [0.15, 0.2) is 11.4 Å². The van der Waals surface area contributed by atoms with Gasteiger partial charge in [-0.25, -0.2) is 15.5 Å². The number of thiophene rings is 1. The van der Waals surface area contributed by atoms with Gasteiger partial charge < -0.3 is 0 Å². The fraction of sp³-hybridized carbons (Fsp3) is 0.300. The molecule has 0 atom stereocenters.